The van der Waals surface area contributed by atoms with Crippen molar-refractivity contribution in [3.05, 3.63) is 113 Å². The molecule has 2 heterocycles. The second-order valence-electron chi connectivity index (χ2n) is 11.1. The van der Waals surface area contributed by atoms with Crippen molar-refractivity contribution in [2.45, 2.75) is 63.3 Å². The van der Waals surface area contributed by atoms with Crippen molar-refractivity contribution in [2.24, 2.45) is 0 Å². The molecule has 7 heteroatoms. The molecule has 0 unspecified atom stereocenters. The van der Waals surface area contributed by atoms with E-state index in [-0.39, 0.29) is 30.6 Å². The van der Waals surface area contributed by atoms with E-state index in [1.807, 2.05) is 48.5 Å². The molecule has 1 saturated carbocycles. The number of fused-ring (bicyclic) bond motifs is 1. The molecule has 0 radical (unpaired) electrons. The van der Waals surface area contributed by atoms with E-state index in [0.717, 1.165) is 29.8 Å². The quantitative estimate of drug-likeness (QED) is 0.261. The highest BCUT2D eigenvalue weighted by Crippen LogP contribution is 2.40. The van der Waals surface area contributed by atoms with E-state index in [4.69, 9.17) is 9.47 Å². The molecule has 41 heavy (non-hydrogen) atoms. The molecular weight excluding hydrogens is 516 g/mol. The van der Waals surface area contributed by atoms with Crippen LogP contribution in [0.5, 0.6) is 0 Å². The molecule has 3 atom stereocenters. The normalized spacial score (nSPS) is 22.9. The van der Waals surface area contributed by atoms with Crippen molar-refractivity contribution >= 4 is 17.5 Å². The molecule has 7 nitrogen and oxygen atoms in total. The van der Waals surface area contributed by atoms with Gasteiger partial charge in [0.25, 0.3) is 11.8 Å². The summed E-state index contributed by atoms with van der Waals surface area (Å²) < 4.78 is 13.2. The molecule has 3 aromatic rings. The van der Waals surface area contributed by atoms with Crippen LogP contribution in [-0.2, 0) is 16.1 Å². The second-order valence-corrected chi connectivity index (χ2v) is 11.1. The minimum absolute atomic E-state index is 0.0112. The fourth-order valence-electron chi connectivity index (χ4n) is 6.34. The van der Waals surface area contributed by atoms with Crippen molar-refractivity contribution in [1.29, 1.82) is 0 Å². The molecule has 3 aliphatic rings. The van der Waals surface area contributed by atoms with Gasteiger partial charge in [0.05, 0.1) is 35.6 Å². The van der Waals surface area contributed by atoms with Gasteiger partial charge in [-0.3, -0.25) is 14.5 Å². The average Bonchev–Trinajstić information content (AvgIpc) is 3.64. The van der Waals surface area contributed by atoms with Gasteiger partial charge in [0.2, 0.25) is 0 Å². The minimum Gasteiger partial charge on any atom is -0.392 e. The van der Waals surface area contributed by atoms with Crippen LogP contribution in [-0.4, -0.2) is 47.1 Å². The molecule has 1 saturated heterocycles. The number of carbonyl (C=O) groups excluding carboxylic acids is 2. The Kier molecular flexibility index (Phi) is 8.12. The standard InChI is InChI=1S/C34H36N2O5/c1-2-18-35(26-9-3-4-10-26)21-28-20-31(24-16-14-23(22-37)15-17-24)41-34(40-28)25-8-7-11-27(19-25)36-32(38)29-12-5-6-13-30(29)33(36)39/h2,5-8,11-17,19,26,28,31,34,37H,1,3-4,9-10,18,20-22H2/t28-,31+,34+/m0/s1. The number of amides is 2. The number of nitrogens with zero attached hydrogens (tertiary/aromatic N) is 2. The van der Waals surface area contributed by atoms with Crippen LogP contribution in [0.25, 0.3) is 0 Å². The van der Waals surface area contributed by atoms with E-state index in [0.29, 0.717) is 29.3 Å². The van der Waals surface area contributed by atoms with Crippen LogP contribution in [0.1, 0.15) is 81.9 Å². The maximum Gasteiger partial charge on any atom is 0.266 e. The Labute approximate surface area is 241 Å². The third-order valence-corrected chi connectivity index (χ3v) is 8.45. The van der Waals surface area contributed by atoms with Crippen molar-refractivity contribution in [3.8, 4) is 0 Å². The van der Waals surface area contributed by atoms with E-state index in [9.17, 15) is 14.7 Å². The zero-order valence-corrected chi connectivity index (χ0v) is 23.2. The first-order chi connectivity index (χ1) is 20.1. The molecule has 2 fully saturated rings. The van der Waals surface area contributed by atoms with Gasteiger partial charge in [-0.2, -0.15) is 0 Å². The first-order valence-electron chi connectivity index (χ1n) is 14.5. The van der Waals surface area contributed by atoms with Gasteiger partial charge in [0.15, 0.2) is 6.29 Å². The Bertz CT molecular complexity index is 1380. The first kappa shape index (κ1) is 27.5. The largest absolute Gasteiger partial charge is 0.392 e. The molecule has 1 N–H and O–H groups in total. The van der Waals surface area contributed by atoms with E-state index < -0.39 is 6.29 Å². The summed E-state index contributed by atoms with van der Waals surface area (Å²) in [6.07, 6.45) is 6.53. The smallest absolute Gasteiger partial charge is 0.266 e. The van der Waals surface area contributed by atoms with Crippen molar-refractivity contribution in [2.75, 3.05) is 18.0 Å². The SMILES string of the molecule is C=CCN(C[C@@H]1C[C@H](c2ccc(CO)cc2)O[C@H](c2cccc(N3C(=O)c4ccccc4C3=O)c2)O1)C1CCCC1. The lowest BCUT2D eigenvalue weighted by atomic mass is 9.99. The van der Waals surface area contributed by atoms with Crippen molar-refractivity contribution in [3.63, 3.8) is 0 Å². The summed E-state index contributed by atoms with van der Waals surface area (Å²) in [5.74, 6) is -0.658. The van der Waals surface area contributed by atoms with Gasteiger partial charge in [-0.15, -0.1) is 6.58 Å². The Hall–Kier alpha value is -3.62. The first-order valence-corrected chi connectivity index (χ1v) is 14.5. The maximum atomic E-state index is 13.2. The summed E-state index contributed by atoms with van der Waals surface area (Å²) >= 11 is 0. The number of aliphatic hydroxyl groups excluding tert-OH is 1. The van der Waals surface area contributed by atoms with Gasteiger partial charge in [-0.25, -0.2) is 4.90 Å². The van der Waals surface area contributed by atoms with Crippen molar-refractivity contribution < 1.29 is 24.2 Å². The number of ether oxygens (including phenoxy) is 2. The third-order valence-electron chi connectivity index (χ3n) is 8.45. The molecule has 1 aliphatic carbocycles. The molecular formula is C34H36N2O5. The Morgan fingerprint density at radius 1 is 0.902 bits per heavy atom. The highest BCUT2D eigenvalue weighted by atomic mass is 16.7. The van der Waals surface area contributed by atoms with E-state index in [2.05, 4.69) is 11.5 Å². The predicted molar refractivity (Wildman–Crippen MR) is 156 cm³/mol. The van der Waals surface area contributed by atoms with Crippen LogP contribution < -0.4 is 4.90 Å². The monoisotopic (exact) mass is 552 g/mol. The van der Waals surface area contributed by atoms with Gasteiger partial charge in [-0.1, -0.05) is 67.4 Å². The molecule has 212 valence electrons. The van der Waals surface area contributed by atoms with Crippen LogP contribution in [0.3, 0.4) is 0 Å². The predicted octanol–water partition coefficient (Wildman–Crippen LogP) is 5.96. The van der Waals surface area contributed by atoms with Crippen LogP contribution >= 0.6 is 0 Å². The van der Waals surface area contributed by atoms with E-state index in [1.54, 1.807) is 30.3 Å². The second kappa shape index (κ2) is 12.1. The molecule has 0 bridgehead atoms. The number of imide groups is 1. The zero-order chi connectivity index (χ0) is 28.3. The van der Waals surface area contributed by atoms with Crippen LogP contribution in [0.15, 0.2) is 85.5 Å². The molecule has 0 spiro atoms. The van der Waals surface area contributed by atoms with Gasteiger partial charge < -0.3 is 14.6 Å². The maximum absolute atomic E-state index is 13.2. The van der Waals surface area contributed by atoms with Gasteiger partial charge in [0, 0.05) is 31.1 Å². The number of hydrogen-bond acceptors (Lipinski definition) is 6. The molecule has 2 aliphatic heterocycles. The lowest BCUT2D eigenvalue weighted by Gasteiger charge is -2.39. The van der Waals surface area contributed by atoms with Gasteiger partial charge in [-0.05, 0) is 48.2 Å². The summed E-state index contributed by atoms with van der Waals surface area (Å²) in [6.45, 7) is 5.55. The van der Waals surface area contributed by atoms with E-state index >= 15 is 0 Å². The minimum atomic E-state index is -0.680. The Morgan fingerprint density at radius 3 is 2.27 bits per heavy atom. The Morgan fingerprint density at radius 2 is 1.61 bits per heavy atom. The summed E-state index contributed by atoms with van der Waals surface area (Å²) in [4.78, 5) is 30.0. The van der Waals surface area contributed by atoms with Crippen LogP contribution in [0.4, 0.5) is 5.69 Å². The number of aliphatic hydroxyl groups is 1. The van der Waals surface area contributed by atoms with Crippen molar-refractivity contribution in [1.82, 2.24) is 4.90 Å². The molecule has 2 amide bonds. The fourth-order valence-corrected chi connectivity index (χ4v) is 6.34. The number of benzene rings is 3. The molecule has 0 aromatic heterocycles. The lowest BCUT2D eigenvalue weighted by Crippen LogP contribution is -2.43. The molecule has 6 rings (SSSR count). The summed E-state index contributed by atoms with van der Waals surface area (Å²) in [7, 11) is 0. The fraction of sp³-hybridized carbons (Fsp3) is 0.353. The summed E-state index contributed by atoms with van der Waals surface area (Å²) in [5.41, 5.74) is 3.93. The highest BCUT2D eigenvalue weighted by molar-refractivity contribution is 6.34. The van der Waals surface area contributed by atoms with Gasteiger partial charge in [0.1, 0.15) is 0 Å². The summed E-state index contributed by atoms with van der Waals surface area (Å²) in [5, 5.41) is 9.52. The Balaban J connectivity index is 1.28. The zero-order valence-electron chi connectivity index (χ0n) is 23.2. The summed E-state index contributed by atoms with van der Waals surface area (Å²) in [6, 6.07) is 22.6. The highest BCUT2D eigenvalue weighted by Gasteiger charge is 2.38. The van der Waals surface area contributed by atoms with E-state index in [1.165, 1.54) is 30.6 Å². The molecule has 3 aromatic carbocycles. The average molecular weight is 553 g/mol. The number of hydrogen-bond donors (Lipinski definition) is 1. The topological polar surface area (TPSA) is 79.3 Å². The number of anilines is 1. The number of carbonyl (C=O) groups is 2. The number of rotatable bonds is 9. The van der Waals surface area contributed by atoms with Crippen LogP contribution in [0, 0.1) is 0 Å². The lowest BCUT2D eigenvalue weighted by molar-refractivity contribution is -0.253. The van der Waals surface area contributed by atoms with Crippen LogP contribution in [0.2, 0.25) is 0 Å². The van der Waals surface area contributed by atoms with Gasteiger partial charge >= 0.3 is 0 Å². The third kappa shape index (κ3) is 5.63.